The molecule has 2 aromatic heterocycles. The number of hydrogen-bond donors (Lipinski definition) is 2. The summed E-state index contributed by atoms with van der Waals surface area (Å²) in [5.74, 6) is 6.75. The molecule has 1 fully saturated rings. The van der Waals surface area contributed by atoms with Crippen LogP contribution in [0.15, 0.2) is 36.7 Å². The molecule has 3 atom stereocenters. The number of pyridine rings is 1. The second-order valence-corrected chi connectivity index (χ2v) is 9.51. The Hall–Kier alpha value is -3.44. The Kier molecular flexibility index (Phi) is 8.55. The van der Waals surface area contributed by atoms with Gasteiger partial charge in [0.1, 0.15) is 11.9 Å². The summed E-state index contributed by atoms with van der Waals surface area (Å²) in [6, 6.07) is 7.26. The zero-order chi connectivity index (χ0) is 25.5. The van der Waals surface area contributed by atoms with Gasteiger partial charge in [-0.15, -0.1) is 0 Å². The van der Waals surface area contributed by atoms with E-state index in [0.717, 1.165) is 41.7 Å². The normalized spacial score (nSPS) is 19.0. The molecule has 7 nitrogen and oxygen atoms in total. The highest BCUT2D eigenvalue weighted by molar-refractivity contribution is 5.83. The fourth-order valence-electron chi connectivity index (χ4n) is 5.10. The molecule has 1 aliphatic rings. The molecule has 1 aromatic carbocycles. The minimum atomic E-state index is -1.12. The number of alkyl halides is 1. The Labute approximate surface area is 211 Å². The van der Waals surface area contributed by atoms with E-state index in [9.17, 15) is 9.90 Å². The lowest BCUT2D eigenvalue weighted by atomic mass is 9.79. The summed E-state index contributed by atoms with van der Waals surface area (Å²) in [6.07, 6.45) is 4.99. The average Bonchev–Trinajstić information content (AvgIpc) is 3.30. The highest BCUT2D eigenvalue weighted by atomic mass is 19.1. The summed E-state index contributed by atoms with van der Waals surface area (Å²) in [5, 5.41) is 16.9. The molecule has 2 N–H and O–H groups in total. The lowest BCUT2D eigenvalue weighted by molar-refractivity contribution is -0.137. The van der Waals surface area contributed by atoms with Crippen molar-refractivity contribution in [1.29, 1.82) is 0 Å². The number of aliphatic carboxylic acids is 1. The predicted molar refractivity (Wildman–Crippen MR) is 136 cm³/mol. The van der Waals surface area contributed by atoms with Gasteiger partial charge < -0.3 is 9.84 Å². The molecule has 0 spiro atoms. The predicted octanol–water partition coefficient (Wildman–Crippen LogP) is 4.92. The first-order valence-corrected chi connectivity index (χ1v) is 12.4. The highest BCUT2D eigenvalue weighted by Gasteiger charge is 2.30. The molecule has 4 rings (SSSR count). The average molecular weight is 493 g/mol. The highest BCUT2D eigenvalue weighted by Crippen LogP contribution is 2.36. The van der Waals surface area contributed by atoms with E-state index >= 15 is 4.39 Å². The van der Waals surface area contributed by atoms with Crippen molar-refractivity contribution in [3.63, 3.8) is 0 Å². The second-order valence-electron chi connectivity index (χ2n) is 9.51. The Morgan fingerprint density at radius 3 is 2.94 bits per heavy atom. The van der Waals surface area contributed by atoms with E-state index in [4.69, 9.17) is 4.74 Å². The molecule has 1 saturated heterocycles. The molecular formula is C28H33FN4O3. The monoisotopic (exact) mass is 492 g/mol. The summed E-state index contributed by atoms with van der Waals surface area (Å²) >= 11 is 0. The molecule has 3 aromatic rings. The summed E-state index contributed by atoms with van der Waals surface area (Å²) in [6.45, 7) is 4.22. The molecule has 0 amide bonds. The SMILES string of the molecule is COc1ccc2nccc([C@@H](F)CCC3CCN(CC#Cc4cn[nH]c4C)CC3CCC(=O)O)c2c1. The molecule has 2 unspecified atom stereocenters. The maximum absolute atomic E-state index is 15.5. The van der Waals surface area contributed by atoms with Crippen LogP contribution in [-0.2, 0) is 4.79 Å². The third-order valence-corrected chi connectivity index (χ3v) is 7.17. The van der Waals surface area contributed by atoms with E-state index in [0.29, 0.717) is 37.1 Å². The number of fused-ring (bicyclic) bond motifs is 1. The van der Waals surface area contributed by atoms with Gasteiger partial charge >= 0.3 is 5.97 Å². The van der Waals surface area contributed by atoms with Gasteiger partial charge in [0.15, 0.2) is 0 Å². The molecule has 190 valence electrons. The number of rotatable bonds is 9. The van der Waals surface area contributed by atoms with Crippen LogP contribution in [0.25, 0.3) is 10.9 Å². The van der Waals surface area contributed by atoms with Crippen molar-refractivity contribution in [3.8, 4) is 17.6 Å². The van der Waals surface area contributed by atoms with Crippen molar-refractivity contribution in [2.45, 2.75) is 45.2 Å². The minimum absolute atomic E-state index is 0.128. The molecular weight excluding hydrogens is 459 g/mol. The number of aromatic nitrogens is 3. The number of nitrogens with one attached hydrogen (secondary N) is 1. The van der Waals surface area contributed by atoms with Gasteiger partial charge in [0, 0.05) is 30.2 Å². The second kappa shape index (κ2) is 12.0. The Balaban J connectivity index is 1.40. The van der Waals surface area contributed by atoms with Crippen LogP contribution in [0.5, 0.6) is 5.75 Å². The van der Waals surface area contributed by atoms with Crippen molar-refractivity contribution in [1.82, 2.24) is 20.1 Å². The van der Waals surface area contributed by atoms with Crippen LogP contribution in [-0.4, -0.2) is 57.9 Å². The van der Waals surface area contributed by atoms with Crippen LogP contribution in [0.3, 0.4) is 0 Å². The van der Waals surface area contributed by atoms with Crippen molar-refractivity contribution < 1.29 is 19.0 Å². The number of aryl methyl sites for hydroxylation is 1. The summed E-state index contributed by atoms with van der Waals surface area (Å²) in [4.78, 5) is 17.9. The molecule has 0 radical (unpaired) electrons. The lowest BCUT2D eigenvalue weighted by Crippen LogP contribution is -2.41. The third-order valence-electron chi connectivity index (χ3n) is 7.17. The number of halogens is 1. The standard InChI is InChI=1S/C28H33FN4O3/c1-19-21(17-31-32-19)4-3-14-33-15-12-20(22(18-33)6-10-28(34)35)5-8-26(29)24-11-13-30-27-9-7-23(36-2)16-25(24)27/h7,9,11,13,16-17,20,22,26H,5-6,8,10,12,14-15,18H2,1-2H3,(H,31,32)(H,34,35)/t20?,22?,26-/m0/s1. The zero-order valence-corrected chi connectivity index (χ0v) is 20.8. The van der Waals surface area contributed by atoms with Crippen LogP contribution in [0, 0.1) is 30.6 Å². The van der Waals surface area contributed by atoms with Gasteiger partial charge in [-0.2, -0.15) is 5.10 Å². The van der Waals surface area contributed by atoms with Crippen molar-refractivity contribution in [3.05, 3.63) is 53.5 Å². The molecule has 8 heteroatoms. The number of likely N-dealkylation sites (tertiary alicyclic amines) is 1. The number of hydrogen-bond acceptors (Lipinski definition) is 5. The molecule has 36 heavy (non-hydrogen) atoms. The maximum atomic E-state index is 15.5. The molecule has 0 saturated carbocycles. The first-order valence-electron chi connectivity index (χ1n) is 12.4. The largest absolute Gasteiger partial charge is 0.497 e. The number of methoxy groups -OCH3 is 1. The zero-order valence-electron chi connectivity index (χ0n) is 20.8. The fourth-order valence-corrected chi connectivity index (χ4v) is 5.10. The Morgan fingerprint density at radius 1 is 1.33 bits per heavy atom. The fraction of sp³-hybridized carbons (Fsp3) is 0.464. The number of ether oxygens (including phenoxy) is 1. The van der Waals surface area contributed by atoms with Gasteiger partial charge in [0.2, 0.25) is 0 Å². The van der Waals surface area contributed by atoms with Gasteiger partial charge in [-0.3, -0.25) is 19.8 Å². The van der Waals surface area contributed by atoms with Gasteiger partial charge in [0.05, 0.1) is 30.9 Å². The molecule has 3 heterocycles. The molecule has 0 bridgehead atoms. The minimum Gasteiger partial charge on any atom is -0.497 e. The van der Waals surface area contributed by atoms with Crippen molar-refractivity contribution in [2.24, 2.45) is 11.8 Å². The third kappa shape index (κ3) is 6.41. The number of H-pyrrole nitrogens is 1. The first-order chi connectivity index (χ1) is 17.4. The van der Waals surface area contributed by atoms with Crippen LogP contribution < -0.4 is 4.74 Å². The smallest absolute Gasteiger partial charge is 0.303 e. The number of carbonyl (C=O) groups is 1. The number of aromatic amines is 1. The quantitative estimate of drug-likeness (QED) is 0.412. The van der Waals surface area contributed by atoms with E-state index in [-0.39, 0.29) is 18.3 Å². The van der Waals surface area contributed by atoms with E-state index in [1.165, 1.54) is 0 Å². The van der Waals surface area contributed by atoms with E-state index in [1.807, 2.05) is 25.1 Å². The van der Waals surface area contributed by atoms with Gasteiger partial charge in [0.25, 0.3) is 0 Å². The van der Waals surface area contributed by atoms with Crippen LogP contribution >= 0.6 is 0 Å². The number of carboxylic acid groups (broad SMARTS) is 1. The van der Waals surface area contributed by atoms with Crippen LogP contribution in [0.4, 0.5) is 4.39 Å². The number of piperidine rings is 1. The van der Waals surface area contributed by atoms with E-state index in [1.54, 1.807) is 25.6 Å². The number of benzene rings is 1. The number of nitrogens with zero attached hydrogens (tertiary/aromatic N) is 3. The van der Waals surface area contributed by atoms with Gasteiger partial charge in [-0.1, -0.05) is 11.8 Å². The van der Waals surface area contributed by atoms with Crippen LogP contribution in [0.2, 0.25) is 0 Å². The first kappa shape index (κ1) is 25.6. The van der Waals surface area contributed by atoms with Gasteiger partial charge in [-0.05, 0) is 80.8 Å². The Bertz CT molecular complexity index is 1250. The summed E-state index contributed by atoms with van der Waals surface area (Å²) in [5.41, 5.74) is 3.21. The number of carboxylic acids is 1. The lowest BCUT2D eigenvalue weighted by Gasteiger charge is -2.38. The summed E-state index contributed by atoms with van der Waals surface area (Å²) < 4.78 is 20.8. The molecule has 0 aliphatic carbocycles. The topological polar surface area (TPSA) is 91.3 Å². The van der Waals surface area contributed by atoms with E-state index in [2.05, 4.69) is 31.9 Å². The van der Waals surface area contributed by atoms with Crippen molar-refractivity contribution >= 4 is 16.9 Å². The van der Waals surface area contributed by atoms with Gasteiger partial charge in [-0.25, -0.2) is 4.39 Å². The van der Waals surface area contributed by atoms with E-state index < -0.39 is 12.1 Å². The van der Waals surface area contributed by atoms with Crippen molar-refractivity contribution in [2.75, 3.05) is 26.7 Å². The summed E-state index contributed by atoms with van der Waals surface area (Å²) in [7, 11) is 1.60. The molecule has 1 aliphatic heterocycles. The maximum Gasteiger partial charge on any atom is 0.303 e. The Morgan fingerprint density at radius 2 is 2.19 bits per heavy atom. The van der Waals surface area contributed by atoms with Crippen LogP contribution in [0.1, 0.15) is 55.1 Å².